The Balaban J connectivity index is 1.67. The minimum Gasteiger partial charge on any atom is -0.342 e. The highest BCUT2D eigenvalue weighted by Crippen LogP contribution is 2.34. The molecule has 6 nitrogen and oxygen atoms in total. The molecule has 2 N–H and O–H groups in total. The molecule has 1 aromatic carbocycles. The van der Waals surface area contributed by atoms with Crippen molar-refractivity contribution in [1.82, 2.24) is 25.1 Å². The number of benzene rings is 1. The van der Waals surface area contributed by atoms with Crippen LogP contribution in [0.5, 0.6) is 0 Å². The molecule has 1 aliphatic rings. The molecule has 0 unspecified atom stereocenters. The highest BCUT2D eigenvalue weighted by Gasteiger charge is 2.42. The maximum atomic E-state index is 14.1. The first-order valence-corrected chi connectivity index (χ1v) is 9.02. The molecule has 27 heavy (non-hydrogen) atoms. The van der Waals surface area contributed by atoms with Gasteiger partial charge in [-0.1, -0.05) is 12.5 Å². The molecule has 1 aliphatic carbocycles. The molecular formula is C19H21F2N5O. The largest absolute Gasteiger partial charge is 0.342 e. The van der Waals surface area contributed by atoms with E-state index in [-0.39, 0.29) is 18.5 Å². The van der Waals surface area contributed by atoms with Gasteiger partial charge in [0, 0.05) is 24.4 Å². The topological polar surface area (TPSA) is 75.6 Å². The summed E-state index contributed by atoms with van der Waals surface area (Å²) >= 11 is 0. The third kappa shape index (κ3) is 3.09. The molecule has 142 valence electrons. The summed E-state index contributed by atoms with van der Waals surface area (Å²) in [5, 5.41) is 9.96. The Labute approximate surface area is 155 Å². The van der Waals surface area contributed by atoms with Gasteiger partial charge < -0.3 is 9.88 Å². The standard InChI is InChI=1S/C19H21F2N5O/c1-11-22-10-15(26(11)2)12-6-7-14-13(9-12)17(25-24-14)18(27)23-16-5-3-4-8-19(16,20)21/h6-7,9-10,16H,3-5,8H2,1-2H3,(H,23,27)(H,24,25)/t16-/m1/s1. The number of nitrogens with one attached hydrogen (secondary N) is 2. The van der Waals surface area contributed by atoms with Gasteiger partial charge in [-0.25, -0.2) is 13.8 Å². The van der Waals surface area contributed by atoms with Crippen molar-refractivity contribution in [2.75, 3.05) is 0 Å². The Morgan fingerprint density at radius 1 is 1.37 bits per heavy atom. The maximum Gasteiger partial charge on any atom is 0.272 e. The highest BCUT2D eigenvalue weighted by molar-refractivity contribution is 6.05. The van der Waals surface area contributed by atoms with E-state index in [2.05, 4.69) is 20.5 Å². The van der Waals surface area contributed by atoms with E-state index in [1.54, 1.807) is 6.20 Å². The fraction of sp³-hybridized carbons (Fsp3) is 0.421. The zero-order valence-electron chi connectivity index (χ0n) is 15.2. The van der Waals surface area contributed by atoms with Crippen LogP contribution >= 0.6 is 0 Å². The zero-order valence-corrected chi connectivity index (χ0v) is 15.2. The molecule has 4 rings (SSSR count). The van der Waals surface area contributed by atoms with Crippen LogP contribution in [0.2, 0.25) is 0 Å². The Hall–Kier alpha value is -2.77. The van der Waals surface area contributed by atoms with Gasteiger partial charge in [0.25, 0.3) is 11.8 Å². The average molecular weight is 373 g/mol. The molecule has 3 aromatic rings. The second-order valence-electron chi connectivity index (χ2n) is 7.12. The normalized spacial score (nSPS) is 19.3. The monoisotopic (exact) mass is 373 g/mol. The Morgan fingerprint density at radius 2 is 2.19 bits per heavy atom. The lowest BCUT2D eigenvalue weighted by Crippen LogP contribution is -2.49. The van der Waals surface area contributed by atoms with Crippen LogP contribution in [0.1, 0.15) is 42.0 Å². The van der Waals surface area contributed by atoms with Crippen molar-refractivity contribution in [1.29, 1.82) is 0 Å². The first-order chi connectivity index (χ1) is 12.9. The van der Waals surface area contributed by atoms with E-state index in [1.165, 1.54) is 0 Å². The Kier molecular flexibility index (Phi) is 4.20. The van der Waals surface area contributed by atoms with E-state index in [9.17, 15) is 13.6 Å². The third-order valence-electron chi connectivity index (χ3n) is 5.36. The van der Waals surface area contributed by atoms with Crippen LogP contribution in [0.4, 0.5) is 8.78 Å². The van der Waals surface area contributed by atoms with Crippen LogP contribution in [0, 0.1) is 6.92 Å². The van der Waals surface area contributed by atoms with E-state index in [0.717, 1.165) is 17.1 Å². The number of H-pyrrole nitrogens is 1. The minimum absolute atomic E-state index is 0.132. The number of aromatic amines is 1. The number of carbonyl (C=O) groups excluding carboxylic acids is 1. The van der Waals surface area contributed by atoms with Gasteiger partial charge in [0.2, 0.25) is 0 Å². The fourth-order valence-corrected chi connectivity index (χ4v) is 3.62. The van der Waals surface area contributed by atoms with E-state index >= 15 is 0 Å². The number of alkyl halides is 2. The number of carbonyl (C=O) groups is 1. The van der Waals surface area contributed by atoms with Crippen molar-refractivity contribution >= 4 is 16.8 Å². The summed E-state index contributed by atoms with van der Waals surface area (Å²) in [4.78, 5) is 16.9. The summed E-state index contributed by atoms with van der Waals surface area (Å²) in [6, 6.07) is 4.43. The molecule has 0 radical (unpaired) electrons. The average Bonchev–Trinajstić information content (AvgIpc) is 3.20. The Morgan fingerprint density at radius 3 is 2.89 bits per heavy atom. The lowest BCUT2D eigenvalue weighted by atomic mass is 9.91. The molecule has 2 heterocycles. The van der Waals surface area contributed by atoms with E-state index in [0.29, 0.717) is 23.7 Å². The molecule has 0 bridgehead atoms. The molecule has 0 spiro atoms. The van der Waals surface area contributed by atoms with Gasteiger partial charge in [0.15, 0.2) is 5.69 Å². The first-order valence-electron chi connectivity index (χ1n) is 9.02. The molecule has 1 amide bonds. The molecule has 1 saturated carbocycles. The number of nitrogens with zero attached hydrogens (tertiary/aromatic N) is 3. The van der Waals surface area contributed by atoms with Gasteiger partial charge in [-0.05, 0) is 31.9 Å². The number of aryl methyl sites for hydroxylation is 1. The number of rotatable bonds is 3. The number of halogens is 2. The number of imidazole rings is 1. The second kappa shape index (κ2) is 6.44. The van der Waals surface area contributed by atoms with Crippen LogP contribution in [0.3, 0.4) is 0 Å². The number of fused-ring (bicyclic) bond motifs is 1. The molecule has 1 atom stereocenters. The third-order valence-corrected chi connectivity index (χ3v) is 5.36. The van der Waals surface area contributed by atoms with Gasteiger partial charge in [-0.3, -0.25) is 9.89 Å². The predicted octanol–water partition coefficient (Wildman–Crippen LogP) is 3.58. The summed E-state index contributed by atoms with van der Waals surface area (Å²) < 4.78 is 30.1. The van der Waals surface area contributed by atoms with Crippen molar-refractivity contribution in [3.05, 3.63) is 35.9 Å². The van der Waals surface area contributed by atoms with Crippen molar-refractivity contribution < 1.29 is 13.6 Å². The van der Waals surface area contributed by atoms with Crippen molar-refractivity contribution in [2.24, 2.45) is 7.05 Å². The molecule has 2 aromatic heterocycles. The molecule has 0 saturated heterocycles. The first kappa shape index (κ1) is 17.6. The van der Waals surface area contributed by atoms with Crippen LogP contribution < -0.4 is 5.32 Å². The van der Waals surface area contributed by atoms with E-state index in [4.69, 9.17) is 0 Å². The summed E-state index contributed by atoms with van der Waals surface area (Å²) in [6.45, 7) is 1.91. The van der Waals surface area contributed by atoms with Crippen LogP contribution in [0.15, 0.2) is 24.4 Å². The van der Waals surface area contributed by atoms with Crippen LogP contribution in [-0.2, 0) is 7.05 Å². The maximum absolute atomic E-state index is 14.1. The van der Waals surface area contributed by atoms with Gasteiger partial charge in [-0.2, -0.15) is 5.10 Å². The molecule has 8 heteroatoms. The second-order valence-corrected chi connectivity index (χ2v) is 7.12. The molecular weight excluding hydrogens is 352 g/mol. The van der Waals surface area contributed by atoms with Crippen LogP contribution in [-0.4, -0.2) is 37.6 Å². The predicted molar refractivity (Wildman–Crippen MR) is 97.7 cm³/mol. The lowest BCUT2D eigenvalue weighted by molar-refractivity contribution is -0.0609. The number of hydrogen-bond acceptors (Lipinski definition) is 3. The summed E-state index contributed by atoms with van der Waals surface area (Å²) in [6.07, 6.45) is 3.02. The fourth-order valence-electron chi connectivity index (χ4n) is 3.62. The summed E-state index contributed by atoms with van der Waals surface area (Å²) in [5.41, 5.74) is 2.59. The van der Waals surface area contributed by atoms with Crippen LogP contribution in [0.25, 0.3) is 22.2 Å². The van der Waals surface area contributed by atoms with Gasteiger partial charge >= 0.3 is 0 Å². The van der Waals surface area contributed by atoms with Crippen molar-refractivity contribution in [2.45, 2.75) is 44.6 Å². The SMILES string of the molecule is Cc1ncc(-c2ccc3[nH]nc(C(=O)N[C@@H]4CCCCC4(F)F)c3c2)n1C. The lowest BCUT2D eigenvalue weighted by Gasteiger charge is -2.31. The van der Waals surface area contributed by atoms with Gasteiger partial charge in [0.1, 0.15) is 5.82 Å². The summed E-state index contributed by atoms with van der Waals surface area (Å²) in [7, 11) is 1.91. The highest BCUT2D eigenvalue weighted by atomic mass is 19.3. The molecule has 1 fully saturated rings. The van der Waals surface area contributed by atoms with Crippen molar-refractivity contribution in [3.63, 3.8) is 0 Å². The van der Waals surface area contributed by atoms with Gasteiger partial charge in [-0.15, -0.1) is 0 Å². The van der Waals surface area contributed by atoms with Crippen molar-refractivity contribution in [3.8, 4) is 11.3 Å². The molecule has 0 aliphatic heterocycles. The quantitative estimate of drug-likeness (QED) is 0.737. The van der Waals surface area contributed by atoms with E-state index < -0.39 is 17.9 Å². The minimum atomic E-state index is -2.88. The van der Waals surface area contributed by atoms with Gasteiger partial charge in [0.05, 0.1) is 23.4 Å². The Bertz CT molecular complexity index is 1010. The van der Waals surface area contributed by atoms with E-state index in [1.807, 2.05) is 36.7 Å². The zero-order chi connectivity index (χ0) is 19.2. The summed E-state index contributed by atoms with van der Waals surface area (Å²) in [5.74, 6) is -2.59. The number of hydrogen-bond donors (Lipinski definition) is 2. The number of aromatic nitrogens is 4. The smallest absolute Gasteiger partial charge is 0.272 e. The number of amides is 1.